The fourth-order valence-corrected chi connectivity index (χ4v) is 4.46. The second-order valence-electron chi connectivity index (χ2n) is 8.24. The summed E-state index contributed by atoms with van der Waals surface area (Å²) >= 11 is 12.7. The number of carbonyl (C=O) groups excluding carboxylic acids is 2. The Bertz CT molecular complexity index is 1270. The fourth-order valence-electron chi connectivity index (χ4n) is 4.03. The van der Waals surface area contributed by atoms with E-state index in [0.29, 0.717) is 64.6 Å². The highest BCUT2D eigenvalue weighted by atomic mass is 35.5. The average Bonchev–Trinajstić information content (AvgIpc) is 3.17. The van der Waals surface area contributed by atoms with Gasteiger partial charge in [-0.1, -0.05) is 23.2 Å². The molecule has 1 amide bonds. The average molecular weight is 532 g/mol. The van der Waals surface area contributed by atoms with Crippen LogP contribution in [-0.4, -0.2) is 71.4 Å². The van der Waals surface area contributed by atoms with Crippen molar-refractivity contribution in [3.8, 4) is 17.1 Å². The quantitative estimate of drug-likeness (QED) is 0.424. The van der Waals surface area contributed by atoms with Crippen molar-refractivity contribution in [3.05, 3.63) is 57.8 Å². The molecule has 3 heterocycles. The van der Waals surface area contributed by atoms with Gasteiger partial charge in [0.05, 0.1) is 40.7 Å². The van der Waals surface area contributed by atoms with E-state index in [1.807, 2.05) is 23.1 Å². The van der Waals surface area contributed by atoms with Gasteiger partial charge in [0.25, 0.3) is 0 Å². The van der Waals surface area contributed by atoms with Gasteiger partial charge in [0.2, 0.25) is 5.91 Å². The number of hydrogen-bond acceptors (Lipinski definition) is 7. The van der Waals surface area contributed by atoms with Crippen LogP contribution in [0.25, 0.3) is 11.4 Å². The number of methoxy groups -OCH3 is 1. The molecule has 1 aliphatic heterocycles. The maximum atomic E-state index is 13.1. The molecular weight excluding hydrogens is 505 g/mol. The summed E-state index contributed by atoms with van der Waals surface area (Å²) in [7, 11) is 1.59. The summed E-state index contributed by atoms with van der Waals surface area (Å²) in [4.78, 5) is 33.5. The number of pyridine rings is 1. The van der Waals surface area contributed by atoms with Crippen molar-refractivity contribution >= 4 is 40.8 Å². The summed E-state index contributed by atoms with van der Waals surface area (Å²) in [6.07, 6.45) is 1.51. The van der Waals surface area contributed by atoms with Gasteiger partial charge in [-0.3, -0.25) is 14.5 Å². The molecule has 0 radical (unpaired) electrons. The molecule has 0 bridgehead atoms. The topological polar surface area (TPSA) is 89.8 Å². The number of carbonyl (C=O) groups is 2. The molecule has 1 aliphatic rings. The number of amides is 1. The van der Waals surface area contributed by atoms with Crippen LogP contribution in [0.2, 0.25) is 10.0 Å². The molecule has 4 rings (SSSR count). The Morgan fingerprint density at radius 1 is 1.08 bits per heavy atom. The summed E-state index contributed by atoms with van der Waals surface area (Å²) in [5, 5.41) is 5.48. The van der Waals surface area contributed by atoms with Gasteiger partial charge in [-0.25, -0.2) is 4.79 Å². The maximum Gasteiger partial charge on any atom is 0.338 e. The maximum absolute atomic E-state index is 13.1. The Labute approximate surface area is 219 Å². The summed E-state index contributed by atoms with van der Waals surface area (Å²) in [5.74, 6) is 0.127. The zero-order valence-corrected chi connectivity index (χ0v) is 21.8. The first-order valence-corrected chi connectivity index (χ1v) is 12.3. The third kappa shape index (κ3) is 5.42. The monoisotopic (exact) mass is 531 g/mol. The van der Waals surface area contributed by atoms with Crippen LogP contribution >= 0.6 is 23.2 Å². The van der Waals surface area contributed by atoms with Crippen molar-refractivity contribution in [2.24, 2.45) is 0 Å². The minimum absolute atomic E-state index is 0.0506. The summed E-state index contributed by atoms with van der Waals surface area (Å²) < 4.78 is 12.0. The van der Waals surface area contributed by atoms with Crippen LogP contribution in [0, 0.1) is 6.92 Å². The number of halogens is 2. The number of piperazine rings is 1. The van der Waals surface area contributed by atoms with E-state index in [0.717, 1.165) is 5.69 Å². The standard InChI is InChI=1S/C25H27Cl2N5O4/c1-4-36-25(34)17-7-8-28-20(13-17)24-23(27)16(2)32(29-24)15-22(33)31-11-9-30(10-12-31)18-5-6-19(26)21(14-18)35-3/h5-8,13-14H,4,9-12,15H2,1-3H3. The molecule has 3 aromatic rings. The Hall–Kier alpha value is -3.30. The predicted molar refractivity (Wildman–Crippen MR) is 138 cm³/mol. The first kappa shape index (κ1) is 25.8. The highest BCUT2D eigenvalue weighted by Crippen LogP contribution is 2.31. The van der Waals surface area contributed by atoms with E-state index in [4.69, 9.17) is 32.7 Å². The highest BCUT2D eigenvalue weighted by molar-refractivity contribution is 6.33. The Kier molecular flexibility index (Phi) is 8.01. The van der Waals surface area contributed by atoms with Crippen molar-refractivity contribution < 1.29 is 19.1 Å². The lowest BCUT2D eigenvalue weighted by Gasteiger charge is -2.36. The second-order valence-corrected chi connectivity index (χ2v) is 9.03. The minimum atomic E-state index is -0.445. The van der Waals surface area contributed by atoms with Crippen LogP contribution in [0.15, 0.2) is 36.5 Å². The predicted octanol–water partition coefficient (Wildman–Crippen LogP) is 4.09. The van der Waals surface area contributed by atoms with Crippen molar-refractivity contribution in [1.29, 1.82) is 0 Å². The lowest BCUT2D eigenvalue weighted by molar-refractivity contribution is -0.132. The van der Waals surface area contributed by atoms with E-state index in [9.17, 15) is 9.59 Å². The molecule has 1 fully saturated rings. The third-order valence-electron chi connectivity index (χ3n) is 6.06. The Morgan fingerprint density at radius 3 is 2.53 bits per heavy atom. The van der Waals surface area contributed by atoms with Crippen LogP contribution in [0.3, 0.4) is 0 Å². The van der Waals surface area contributed by atoms with E-state index in [-0.39, 0.29) is 19.1 Å². The van der Waals surface area contributed by atoms with Crippen LogP contribution in [-0.2, 0) is 16.1 Å². The molecule has 1 saturated heterocycles. The van der Waals surface area contributed by atoms with Crippen molar-refractivity contribution in [1.82, 2.24) is 19.7 Å². The number of benzene rings is 1. The third-order valence-corrected chi connectivity index (χ3v) is 6.83. The van der Waals surface area contributed by atoms with Crippen LogP contribution in [0.5, 0.6) is 5.75 Å². The largest absolute Gasteiger partial charge is 0.495 e. The first-order chi connectivity index (χ1) is 17.3. The molecule has 0 N–H and O–H groups in total. The Morgan fingerprint density at radius 2 is 1.83 bits per heavy atom. The first-order valence-electron chi connectivity index (χ1n) is 11.5. The number of rotatable bonds is 7. The molecule has 9 nitrogen and oxygen atoms in total. The normalized spacial score (nSPS) is 13.6. The molecule has 0 spiro atoms. The SMILES string of the molecule is CCOC(=O)c1ccnc(-c2nn(CC(=O)N3CCN(c4ccc(Cl)c(OC)c4)CC3)c(C)c2Cl)c1. The van der Waals surface area contributed by atoms with Crippen molar-refractivity contribution in [2.75, 3.05) is 44.8 Å². The zero-order chi connectivity index (χ0) is 25.8. The molecule has 0 unspecified atom stereocenters. The van der Waals surface area contributed by atoms with Gasteiger partial charge < -0.3 is 19.3 Å². The smallest absolute Gasteiger partial charge is 0.338 e. The lowest BCUT2D eigenvalue weighted by Crippen LogP contribution is -2.49. The molecule has 36 heavy (non-hydrogen) atoms. The molecule has 2 aromatic heterocycles. The van der Waals surface area contributed by atoms with E-state index in [2.05, 4.69) is 15.0 Å². The molecule has 190 valence electrons. The van der Waals surface area contributed by atoms with Gasteiger partial charge in [-0.05, 0) is 38.1 Å². The van der Waals surface area contributed by atoms with E-state index >= 15 is 0 Å². The van der Waals surface area contributed by atoms with Gasteiger partial charge in [-0.2, -0.15) is 5.10 Å². The van der Waals surface area contributed by atoms with Crippen molar-refractivity contribution in [3.63, 3.8) is 0 Å². The van der Waals surface area contributed by atoms with Crippen LogP contribution < -0.4 is 9.64 Å². The number of esters is 1. The van der Waals surface area contributed by atoms with Gasteiger partial charge in [0.15, 0.2) is 0 Å². The van der Waals surface area contributed by atoms with Crippen molar-refractivity contribution in [2.45, 2.75) is 20.4 Å². The highest BCUT2D eigenvalue weighted by Gasteiger charge is 2.24. The van der Waals surface area contributed by atoms with Gasteiger partial charge in [0, 0.05) is 44.1 Å². The Balaban J connectivity index is 1.43. The van der Waals surface area contributed by atoms with E-state index in [1.54, 1.807) is 37.8 Å². The van der Waals surface area contributed by atoms with Gasteiger partial charge in [0.1, 0.15) is 18.0 Å². The number of nitrogens with zero attached hydrogens (tertiary/aromatic N) is 5. The van der Waals surface area contributed by atoms with Crippen LogP contribution in [0.4, 0.5) is 5.69 Å². The van der Waals surface area contributed by atoms with Gasteiger partial charge in [-0.15, -0.1) is 0 Å². The molecule has 1 aromatic carbocycles. The number of hydrogen-bond donors (Lipinski definition) is 0. The number of ether oxygens (including phenoxy) is 2. The molecule has 0 saturated carbocycles. The summed E-state index contributed by atoms with van der Waals surface area (Å²) in [6, 6.07) is 8.82. The number of anilines is 1. The molecule has 11 heteroatoms. The lowest BCUT2D eigenvalue weighted by atomic mass is 10.2. The second kappa shape index (κ2) is 11.2. The van der Waals surface area contributed by atoms with Gasteiger partial charge >= 0.3 is 5.97 Å². The minimum Gasteiger partial charge on any atom is -0.495 e. The number of aromatic nitrogens is 3. The zero-order valence-electron chi connectivity index (χ0n) is 20.3. The van der Waals surface area contributed by atoms with Crippen LogP contribution in [0.1, 0.15) is 23.0 Å². The van der Waals surface area contributed by atoms with E-state index in [1.165, 1.54) is 6.20 Å². The molecule has 0 aliphatic carbocycles. The fraction of sp³-hybridized carbons (Fsp3) is 0.360. The molecule has 0 atom stereocenters. The molecular formula is C25H27Cl2N5O4. The summed E-state index contributed by atoms with van der Waals surface area (Å²) in [5.41, 5.74) is 2.86. The summed E-state index contributed by atoms with van der Waals surface area (Å²) in [6.45, 7) is 6.39. The van der Waals surface area contributed by atoms with E-state index < -0.39 is 5.97 Å².